The van der Waals surface area contributed by atoms with Crippen LogP contribution in [0.1, 0.15) is 21.2 Å². The van der Waals surface area contributed by atoms with Gasteiger partial charge in [-0.1, -0.05) is 18.2 Å². The fourth-order valence-corrected chi connectivity index (χ4v) is 5.53. The fourth-order valence-electron chi connectivity index (χ4n) is 2.65. The van der Waals surface area contributed by atoms with Gasteiger partial charge >= 0.3 is 0 Å². The van der Waals surface area contributed by atoms with Gasteiger partial charge in [0.2, 0.25) is 0 Å². The molecule has 3 aromatic heterocycles. The second kappa shape index (κ2) is 7.94. The van der Waals surface area contributed by atoms with E-state index in [9.17, 15) is 13.2 Å². The number of nitrogens with zero attached hydrogens (tertiary/aromatic N) is 1. The molecular weight excluding hydrogens is 428 g/mol. The largest absolute Gasteiger partial charge is 0.455 e. The molecule has 0 radical (unpaired) electrons. The lowest BCUT2D eigenvalue weighted by atomic mass is 10.4. The molecule has 3 heterocycles. The quantitative estimate of drug-likeness (QED) is 0.452. The summed E-state index contributed by atoms with van der Waals surface area (Å²) in [6.45, 7) is 2.02. The first-order valence-corrected chi connectivity index (χ1v) is 12.0. The number of anilines is 1. The minimum absolute atomic E-state index is 0.0342. The van der Waals surface area contributed by atoms with E-state index in [1.165, 1.54) is 40.5 Å². The Kier molecular flexibility index (Phi) is 5.35. The molecule has 1 amide bonds. The number of furan rings is 1. The van der Waals surface area contributed by atoms with E-state index >= 15 is 0 Å². The number of carbonyl (C=O) groups excluding carboxylic acids is 1. The van der Waals surface area contributed by atoms with E-state index < -0.39 is 15.7 Å². The molecule has 1 aromatic carbocycles. The van der Waals surface area contributed by atoms with Crippen molar-refractivity contribution >= 4 is 43.5 Å². The maximum Gasteiger partial charge on any atom is 0.293 e. The van der Waals surface area contributed by atoms with Gasteiger partial charge in [0.1, 0.15) is 11.5 Å². The van der Waals surface area contributed by atoms with E-state index in [4.69, 9.17) is 4.42 Å². The summed E-state index contributed by atoms with van der Waals surface area (Å²) in [5, 5.41) is 5.02. The summed E-state index contributed by atoms with van der Waals surface area (Å²) < 4.78 is 30.3. The van der Waals surface area contributed by atoms with E-state index in [-0.39, 0.29) is 22.2 Å². The van der Waals surface area contributed by atoms with Crippen LogP contribution in [0.3, 0.4) is 0 Å². The fraction of sp³-hybridized carbons (Fsp3) is 0.100. The Morgan fingerprint density at radius 1 is 1.10 bits per heavy atom. The van der Waals surface area contributed by atoms with Crippen molar-refractivity contribution in [1.29, 1.82) is 0 Å². The van der Waals surface area contributed by atoms with Crippen molar-refractivity contribution in [2.24, 2.45) is 0 Å². The van der Waals surface area contributed by atoms with Crippen molar-refractivity contribution in [3.05, 3.63) is 76.4 Å². The van der Waals surface area contributed by atoms with Gasteiger partial charge in [-0.2, -0.15) is 0 Å². The van der Waals surface area contributed by atoms with Crippen LogP contribution < -0.4 is 5.32 Å². The molecule has 4 rings (SSSR count). The summed E-state index contributed by atoms with van der Waals surface area (Å²) in [5.74, 6) is -0.555. The first kappa shape index (κ1) is 19.6. The van der Waals surface area contributed by atoms with Crippen molar-refractivity contribution in [3.8, 4) is 10.6 Å². The van der Waals surface area contributed by atoms with E-state index in [1.54, 1.807) is 29.5 Å². The third-order valence-corrected chi connectivity index (χ3v) is 7.47. The van der Waals surface area contributed by atoms with Crippen LogP contribution in [0.2, 0.25) is 0 Å². The van der Waals surface area contributed by atoms with E-state index in [1.807, 2.05) is 24.4 Å². The molecule has 4 aromatic rings. The van der Waals surface area contributed by atoms with Crippen LogP contribution in [0, 0.1) is 6.92 Å². The smallest absolute Gasteiger partial charge is 0.293 e. The summed E-state index contributed by atoms with van der Waals surface area (Å²) in [7, 11) is -3.54. The van der Waals surface area contributed by atoms with E-state index in [0.29, 0.717) is 5.13 Å². The number of benzene rings is 1. The molecular formula is C20H16N2O4S3. The van der Waals surface area contributed by atoms with Crippen LogP contribution in [0.5, 0.6) is 0 Å². The number of thiophene rings is 1. The molecule has 1 N–H and O–H groups in total. The highest BCUT2D eigenvalue weighted by Gasteiger charge is 2.20. The number of aromatic nitrogens is 1. The van der Waals surface area contributed by atoms with Crippen molar-refractivity contribution in [3.63, 3.8) is 0 Å². The molecule has 0 spiro atoms. The average Bonchev–Trinajstić information content (AvgIpc) is 3.43. The second-order valence-corrected chi connectivity index (χ2v) is 10.4. The van der Waals surface area contributed by atoms with Crippen LogP contribution in [-0.4, -0.2) is 19.3 Å². The summed E-state index contributed by atoms with van der Waals surface area (Å²) in [6.07, 6.45) is 0. The van der Waals surface area contributed by atoms with Crippen LogP contribution >= 0.6 is 22.7 Å². The maximum atomic E-state index is 12.4. The zero-order valence-electron chi connectivity index (χ0n) is 15.3. The normalized spacial score (nSPS) is 11.5. The minimum atomic E-state index is -3.54. The maximum absolute atomic E-state index is 12.4. The summed E-state index contributed by atoms with van der Waals surface area (Å²) in [4.78, 5) is 19.3. The Labute approximate surface area is 175 Å². The lowest BCUT2D eigenvalue weighted by Crippen LogP contribution is -2.10. The second-order valence-electron chi connectivity index (χ2n) is 6.24. The highest BCUT2D eigenvalue weighted by atomic mass is 32.2. The number of carbonyl (C=O) groups is 1. The number of hydrogen-bond donors (Lipinski definition) is 1. The Morgan fingerprint density at radius 2 is 1.90 bits per heavy atom. The van der Waals surface area contributed by atoms with Crippen molar-refractivity contribution < 1.29 is 17.6 Å². The highest BCUT2D eigenvalue weighted by Crippen LogP contribution is 2.30. The molecule has 6 nitrogen and oxygen atoms in total. The molecule has 0 fully saturated rings. The summed E-state index contributed by atoms with van der Waals surface area (Å²) in [6, 6.07) is 15.1. The molecule has 0 saturated carbocycles. The van der Waals surface area contributed by atoms with Gasteiger partial charge in [0.25, 0.3) is 5.91 Å². The number of thiazole rings is 1. The molecule has 0 aliphatic heterocycles. The molecule has 0 atom stereocenters. The molecule has 148 valence electrons. The molecule has 0 aliphatic carbocycles. The number of amides is 1. The molecule has 9 heteroatoms. The van der Waals surface area contributed by atoms with Gasteiger partial charge in [-0.25, -0.2) is 13.4 Å². The topological polar surface area (TPSA) is 89.3 Å². The molecule has 0 saturated heterocycles. The third-order valence-electron chi connectivity index (χ3n) is 4.04. The van der Waals surface area contributed by atoms with Gasteiger partial charge in [-0.15, -0.1) is 22.7 Å². The zero-order chi connectivity index (χ0) is 20.4. The molecule has 0 unspecified atom stereocenters. The first-order valence-electron chi connectivity index (χ1n) is 8.61. The standard InChI is InChI=1S/C20H16N2O4S3/c1-13-7-10-18(28-13)16-11-27-20(21-16)22-19(23)17-9-8-14(26-17)12-29(24,25)15-5-3-2-4-6-15/h2-11H,12H2,1H3,(H,21,22,23). The Bertz CT molecular complexity index is 1250. The SMILES string of the molecule is Cc1ccc(-c2csc(NC(=O)c3ccc(CS(=O)(=O)c4ccccc4)o3)n2)s1. The van der Waals surface area contributed by atoms with Crippen LogP contribution in [0.4, 0.5) is 5.13 Å². The number of hydrogen-bond acceptors (Lipinski definition) is 7. The minimum Gasteiger partial charge on any atom is -0.455 e. The number of rotatable bonds is 6. The lowest BCUT2D eigenvalue weighted by molar-refractivity contribution is 0.0995. The van der Waals surface area contributed by atoms with Gasteiger partial charge in [0, 0.05) is 10.3 Å². The highest BCUT2D eigenvalue weighted by molar-refractivity contribution is 7.90. The first-order chi connectivity index (χ1) is 13.9. The number of sulfone groups is 1. The van der Waals surface area contributed by atoms with Gasteiger partial charge in [-0.3, -0.25) is 10.1 Å². The summed E-state index contributed by atoms with van der Waals surface area (Å²) in [5.41, 5.74) is 0.803. The Hall–Kier alpha value is -2.75. The van der Waals surface area contributed by atoms with E-state index in [0.717, 1.165) is 10.6 Å². The lowest BCUT2D eigenvalue weighted by Gasteiger charge is -2.02. The predicted octanol–water partition coefficient (Wildman–Crippen LogP) is 5.00. The molecule has 0 bridgehead atoms. The van der Waals surface area contributed by atoms with Gasteiger partial charge in [0.15, 0.2) is 20.7 Å². The Morgan fingerprint density at radius 3 is 2.62 bits per heavy atom. The van der Waals surface area contributed by atoms with Gasteiger partial charge in [0.05, 0.1) is 15.5 Å². The van der Waals surface area contributed by atoms with Crippen molar-refractivity contribution in [2.75, 3.05) is 5.32 Å². The van der Waals surface area contributed by atoms with Crippen LogP contribution in [-0.2, 0) is 15.6 Å². The van der Waals surface area contributed by atoms with Crippen molar-refractivity contribution in [1.82, 2.24) is 4.98 Å². The van der Waals surface area contributed by atoms with Crippen LogP contribution in [0.25, 0.3) is 10.6 Å². The Balaban J connectivity index is 1.44. The predicted molar refractivity (Wildman–Crippen MR) is 114 cm³/mol. The van der Waals surface area contributed by atoms with Gasteiger partial charge < -0.3 is 4.42 Å². The monoisotopic (exact) mass is 444 g/mol. The van der Waals surface area contributed by atoms with Gasteiger partial charge in [-0.05, 0) is 43.3 Å². The molecule has 29 heavy (non-hydrogen) atoms. The van der Waals surface area contributed by atoms with Crippen LogP contribution in [0.15, 0.2) is 69.3 Å². The molecule has 0 aliphatic rings. The van der Waals surface area contributed by atoms with E-state index in [2.05, 4.69) is 10.3 Å². The number of aryl methyl sites for hydroxylation is 1. The summed E-state index contributed by atoms with van der Waals surface area (Å²) >= 11 is 2.95. The average molecular weight is 445 g/mol. The number of nitrogens with one attached hydrogen (secondary N) is 1. The van der Waals surface area contributed by atoms with Crippen molar-refractivity contribution in [2.45, 2.75) is 17.6 Å². The third kappa shape index (κ3) is 4.47. The zero-order valence-corrected chi connectivity index (χ0v) is 17.7.